The molecule has 0 unspecified atom stereocenters. The standard InChI is InChI=1S/C18H9FN4O2S2/c19-11-5-3-10(4-6-11)12-8-26-16-14(12)17(21-9-20-16)27-18-23-22-15(25-18)13-2-1-7-24-13/h1-9H. The van der Waals surface area contributed by atoms with Crippen molar-refractivity contribution >= 4 is 33.3 Å². The van der Waals surface area contributed by atoms with Gasteiger partial charge in [0.1, 0.15) is 22.0 Å². The van der Waals surface area contributed by atoms with Crippen molar-refractivity contribution in [3.05, 3.63) is 60.2 Å². The van der Waals surface area contributed by atoms with E-state index in [0.717, 1.165) is 21.3 Å². The predicted octanol–water partition coefficient (Wildman–Crippen LogP) is 5.29. The summed E-state index contributed by atoms with van der Waals surface area (Å²) in [5.74, 6) is 0.530. The number of halogens is 1. The topological polar surface area (TPSA) is 77.8 Å². The van der Waals surface area contributed by atoms with E-state index in [9.17, 15) is 4.39 Å². The molecule has 0 saturated heterocycles. The van der Waals surface area contributed by atoms with E-state index >= 15 is 0 Å². The van der Waals surface area contributed by atoms with Crippen LogP contribution in [0.4, 0.5) is 4.39 Å². The number of hydrogen-bond donors (Lipinski definition) is 0. The summed E-state index contributed by atoms with van der Waals surface area (Å²) in [7, 11) is 0. The van der Waals surface area contributed by atoms with Gasteiger partial charge in [0.25, 0.3) is 11.1 Å². The average Bonchev–Trinajstić information content (AvgIpc) is 3.43. The summed E-state index contributed by atoms with van der Waals surface area (Å²) in [6.07, 6.45) is 3.04. The van der Waals surface area contributed by atoms with E-state index in [4.69, 9.17) is 8.83 Å². The third kappa shape index (κ3) is 3.00. The van der Waals surface area contributed by atoms with Crippen LogP contribution in [-0.2, 0) is 0 Å². The Balaban J connectivity index is 1.55. The maximum Gasteiger partial charge on any atom is 0.284 e. The van der Waals surface area contributed by atoms with Crippen molar-refractivity contribution in [2.24, 2.45) is 0 Å². The fourth-order valence-corrected chi connectivity index (χ4v) is 4.36. The molecule has 0 aliphatic heterocycles. The van der Waals surface area contributed by atoms with Gasteiger partial charge in [-0.2, -0.15) is 0 Å². The summed E-state index contributed by atoms with van der Waals surface area (Å²) in [6.45, 7) is 0. The smallest absolute Gasteiger partial charge is 0.284 e. The molecule has 4 heterocycles. The molecule has 0 spiro atoms. The first-order valence-electron chi connectivity index (χ1n) is 7.81. The SMILES string of the molecule is Fc1ccc(-c2csc3ncnc(Sc4nnc(-c5ccco5)o4)c23)cc1. The first kappa shape index (κ1) is 16.2. The van der Waals surface area contributed by atoms with E-state index in [2.05, 4.69) is 20.2 Å². The molecule has 0 aliphatic carbocycles. The summed E-state index contributed by atoms with van der Waals surface area (Å²) in [5, 5.41) is 11.9. The van der Waals surface area contributed by atoms with Crippen molar-refractivity contribution in [2.45, 2.75) is 10.2 Å². The molecule has 0 amide bonds. The Morgan fingerprint density at radius 2 is 1.93 bits per heavy atom. The Bertz CT molecular complexity index is 1220. The number of rotatable bonds is 4. The van der Waals surface area contributed by atoms with Gasteiger partial charge in [0.2, 0.25) is 0 Å². The molecule has 5 rings (SSSR count). The summed E-state index contributed by atoms with van der Waals surface area (Å²) in [5.41, 5.74) is 1.82. The highest BCUT2D eigenvalue weighted by Crippen LogP contribution is 2.40. The third-order valence-electron chi connectivity index (χ3n) is 3.81. The molecular formula is C18H9FN4O2S2. The van der Waals surface area contributed by atoms with E-state index in [-0.39, 0.29) is 5.82 Å². The molecule has 0 saturated carbocycles. The summed E-state index contributed by atoms with van der Waals surface area (Å²) in [4.78, 5) is 9.55. The lowest BCUT2D eigenvalue weighted by molar-refractivity contribution is 0.447. The van der Waals surface area contributed by atoms with Gasteiger partial charge >= 0.3 is 0 Å². The lowest BCUT2D eigenvalue weighted by atomic mass is 10.1. The number of nitrogens with zero attached hydrogens (tertiary/aromatic N) is 4. The first-order chi connectivity index (χ1) is 13.3. The molecule has 0 atom stereocenters. The molecule has 0 fully saturated rings. The molecule has 6 nitrogen and oxygen atoms in total. The van der Waals surface area contributed by atoms with Crippen LogP contribution in [0.5, 0.6) is 0 Å². The van der Waals surface area contributed by atoms with Crippen molar-refractivity contribution in [1.29, 1.82) is 0 Å². The lowest BCUT2D eigenvalue weighted by Crippen LogP contribution is -1.86. The Morgan fingerprint density at radius 3 is 2.74 bits per heavy atom. The van der Waals surface area contributed by atoms with Crippen molar-refractivity contribution in [2.75, 3.05) is 0 Å². The minimum atomic E-state index is -0.277. The van der Waals surface area contributed by atoms with Gasteiger partial charge < -0.3 is 8.83 Å². The average molecular weight is 396 g/mol. The molecule has 0 bridgehead atoms. The van der Waals surface area contributed by atoms with Gasteiger partial charge in [0, 0.05) is 10.9 Å². The second-order valence-corrected chi connectivity index (χ2v) is 7.27. The molecule has 0 aliphatic rings. The van der Waals surface area contributed by atoms with Crippen molar-refractivity contribution in [3.8, 4) is 22.8 Å². The van der Waals surface area contributed by atoms with Crippen LogP contribution in [0.25, 0.3) is 33.0 Å². The molecule has 27 heavy (non-hydrogen) atoms. The Morgan fingerprint density at radius 1 is 1.04 bits per heavy atom. The fourth-order valence-electron chi connectivity index (χ4n) is 2.60. The molecule has 9 heteroatoms. The first-order valence-corrected chi connectivity index (χ1v) is 9.51. The van der Waals surface area contributed by atoms with E-state index in [1.54, 1.807) is 30.5 Å². The molecule has 5 aromatic rings. The fraction of sp³-hybridized carbons (Fsp3) is 0. The number of hydrogen-bond acceptors (Lipinski definition) is 8. The van der Waals surface area contributed by atoms with Crippen LogP contribution < -0.4 is 0 Å². The lowest BCUT2D eigenvalue weighted by Gasteiger charge is -2.03. The summed E-state index contributed by atoms with van der Waals surface area (Å²) in [6, 6.07) is 9.84. The summed E-state index contributed by atoms with van der Waals surface area (Å²) >= 11 is 2.75. The number of aromatic nitrogens is 4. The van der Waals surface area contributed by atoms with Gasteiger partial charge in [-0.3, -0.25) is 0 Å². The van der Waals surface area contributed by atoms with Crippen LogP contribution in [0, 0.1) is 5.82 Å². The van der Waals surface area contributed by atoms with Gasteiger partial charge in [0.15, 0.2) is 5.76 Å². The van der Waals surface area contributed by atoms with Crippen LogP contribution in [-0.4, -0.2) is 20.2 Å². The Kier molecular flexibility index (Phi) is 3.95. The largest absolute Gasteiger partial charge is 0.459 e. The minimum absolute atomic E-state index is 0.277. The Hall–Kier alpha value is -3.04. The minimum Gasteiger partial charge on any atom is -0.459 e. The number of furan rings is 1. The number of fused-ring (bicyclic) bond motifs is 1. The van der Waals surface area contributed by atoms with Crippen molar-refractivity contribution in [3.63, 3.8) is 0 Å². The summed E-state index contributed by atoms with van der Waals surface area (Å²) < 4.78 is 24.2. The second-order valence-electron chi connectivity index (χ2n) is 5.47. The quantitative estimate of drug-likeness (QED) is 0.382. The third-order valence-corrected chi connectivity index (χ3v) is 5.54. The van der Waals surface area contributed by atoms with E-state index < -0.39 is 0 Å². The predicted molar refractivity (Wildman–Crippen MR) is 98.9 cm³/mol. The van der Waals surface area contributed by atoms with Gasteiger partial charge in [-0.1, -0.05) is 12.1 Å². The molecule has 0 N–H and O–H groups in total. The van der Waals surface area contributed by atoms with Gasteiger partial charge in [-0.15, -0.1) is 21.5 Å². The van der Waals surface area contributed by atoms with E-state index in [1.807, 2.05) is 5.38 Å². The van der Waals surface area contributed by atoms with Crippen LogP contribution in [0.15, 0.2) is 73.5 Å². The molecule has 132 valence electrons. The van der Waals surface area contributed by atoms with Crippen molar-refractivity contribution < 1.29 is 13.2 Å². The monoisotopic (exact) mass is 396 g/mol. The Labute approximate surface area is 160 Å². The van der Waals surface area contributed by atoms with Crippen LogP contribution in [0.3, 0.4) is 0 Å². The van der Waals surface area contributed by atoms with Crippen LogP contribution in [0.1, 0.15) is 0 Å². The van der Waals surface area contributed by atoms with Crippen LogP contribution >= 0.6 is 23.1 Å². The van der Waals surface area contributed by atoms with Gasteiger partial charge in [-0.05, 0) is 41.6 Å². The number of thiophene rings is 1. The molecule has 4 aromatic heterocycles. The van der Waals surface area contributed by atoms with E-state index in [1.165, 1.54) is 41.6 Å². The normalized spacial score (nSPS) is 11.3. The highest BCUT2D eigenvalue weighted by atomic mass is 32.2. The molecular weight excluding hydrogens is 387 g/mol. The zero-order valence-electron chi connectivity index (χ0n) is 13.5. The van der Waals surface area contributed by atoms with Gasteiger partial charge in [-0.25, -0.2) is 14.4 Å². The molecule has 1 aromatic carbocycles. The zero-order chi connectivity index (χ0) is 18.2. The van der Waals surface area contributed by atoms with E-state index in [0.29, 0.717) is 21.9 Å². The zero-order valence-corrected chi connectivity index (χ0v) is 15.1. The second kappa shape index (κ2) is 6.60. The highest BCUT2D eigenvalue weighted by Gasteiger charge is 2.18. The maximum atomic E-state index is 13.3. The van der Waals surface area contributed by atoms with Crippen molar-refractivity contribution in [1.82, 2.24) is 20.2 Å². The molecule has 0 radical (unpaired) electrons. The van der Waals surface area contributed by atoms with Crippen LogP contribution in [0.2, 0.25) is 0 Å². The number of benzene rings is 1. The highest BCUT2D eigenvalue weighted by molar-refractivity contribution is 7.99. The maximum absolute atomic E-state index is 13.3. The van der Waals surface area contributed by atoms with Gasteiger partial charge in [0.05, 0.1) is 11.6 Å².